The lowest BCUT2D eigenvalue weighted by Gasteiger charge is -2.16. The zero-order chi connectivity index (χ0) is 13.8. The standard InChI is InChI=1S/C15H15BrClNO/c1-19-15-9-11(17)6-7-12(15)14(18)8-10-4-2-3-5-13(10)16/h2-7,9,14H,8,18H2,1H3. The topological polar surface area (TPSA) is 35.2 Å². The number of rotatable bonds is 4. The van der Waals surface area contributed by atoms with Crippen molar-refractivity contribution in [2.45, 2.75) is 12.5 Å². The molecule has 2 N–H and O–H groups in total. The highest BCUT2D eigenvalue weighted by atomic mass is 79.9. The summed E-state index contributed by atoms with van der Waals surface area (Å²) in [5.74, 6) is 0.729. The third-order valence-corrected chi connectivity index (χ3v) is 4.00. The molecule has 0 fully saturated rings. The number of hydrogen-bond donors (Lipinski definition) is 1. The molecule has 2 aromatic rings. The van der Waals surface area contributed by atoms with Gasteiger partial charge in [-0.05, 0) is 30.2 Å². The first-order valence-corrected chi connectivity index (χ1v) is 7.11. The number of halogens is 2. The molecule has 0 aliphatic rings. The summed E-state index contributed by atoms with van der Waals surface area (Å²) in [6, 6.07) is 13.5. The van der Waals surface area contributed by atoms with Crippen LogP contribution in [0.15, 0.2) is 46.9 Å². The molecule has 0 radical (unpaired) electrons. The van der Waals surface area contributed by atoms with Crippen molar-refractivity contribution in [3.63, 3.8) is 0 Å². The maximum Gasteiger partial charge on any atom is 0.125 e. The molecule has 2 aromatic carbocycles. The molecule has 1 atom stereocenters. The smallest absolute Gasteiger partial charge is 0.125 e. The van der Waals surface area contributed by atoms with Crippen molar-refractivity contribution in [2.24, 2.45) is 5.73 Å². The van der Waals surface area contributed by atoms with Crippen LogP contribution in [0.5, 0.6) is 5.75 Å². The Morgan fingerprint density at radius 2 is 2.00 bits per heavy atom. The maximum absolute atomic E-state index is 6.28. The first-order valence-electron chi connectivity index (χ1n) is 5.94. The summed E-state index contributed by atoms with van der Waals surface area (Å²) in [5.41, 5.74) is 8.41. The molecule has 0 saturated heterocycles. The molecule has 19 heavy (non-hydrogen) atoms. The van der Waals surface area contributed by atoms with Gasteiger partial charge in [-0.15, -0.1) is 0 Å². The van der Waals surface area contributed by atoms with Gasteiger partial charge in [-0.3, -0.25) is 0 Å². The van der Waals surface area contributed by atoms with Crippen LogP contribution in [0, 0.1) is 0 Å². The summed E-state index contributed by atoms with van der Waals surface area (Å²) < 4.78 is 6.41. The largest absolute Gasteiger partial charge is 0.496 e. The molecule has 1 unspecified atom stereocenters. The summed E-state index contributed by atoms with van der Waals surface area (Å²) in [5, 5.41) is 0.647. The maximum atomic E-state index is 6.28. The van der Waals surface area contributed by atoms with E-state index in [2.05, 4.69) is 22.0 Å². The van der Waals surface area contributed by atoms with Crippen LogP contribution in [0.1, 0.15) is 17.2 Å². The molecular formula is C15H15BrClNO. The van der Waals surface area contributed by atoms with Crippen LogP contribution in [0.4, 0.5) is 0 Å². The van der Waals surface area contributed by atoms with Gasteiger partial charge in [0.25, 0.3) is 0 Å². The number of methoxy groups -OCH3 is 1. The summed E-state index contributed by atoms with van der Waals surface area (Å²) in [6.45, 7) is 0. The van der Waals surface area contributed by atoms with Crippen molar-refractivity contribution in [1.29, 1.82) is 0 Å². The molecule has 0 aliphatic carbocycles. The van der Waals surface area contributed by atoms with Gasteiger partial charge in [0.2, 0.25) is 0 Å². The second kappa shape index (κ2) is 6.42. The molecular weight excluding hydrogens is 326 g/mol. The molecule has 0 amide bonds. The van der Waals surface area contributed by atoms with Gasteiger partial charge in [-0.2, -0.15) is 0 Å². The van der Waals surface area contributed by atoms with Gasteiger partial charge >= 0.3 is 0 Å². The molecule has 0 aliphatic heterocycles. The van der Waals surface area contributed by atoms with Crippen LogP contribution in [0.25, 0.3) is 0 Å². The summed E-state index contributed by atoms with van der Waals surface area (Å²) >= 11 is 9.49. The lowest BCUT2D eigenvalue weighted by Crippen LogP contribution is -2.14. The Balaban J connectivity index is 2.25. The molecule has 2 rings (SSSR count). The molecule has 4 heteroatoms. The second-order valence-electron chi connectivity index (χ2n) is 4.29. The average Bonchev–Trinajstić information content (AvgIpc) is 2.41. The van der Waals surface area contributed by atoms with E-state index in [0.717, 1.165) is 22.2 Å². The Hall–Kier alpha value is -1.03. The quantitative estimate of drug-likeness (QED) is 0.898. The van der Waals surface area contributed by atoms with Gasteiger partial charge in [-0.1, -0.05) is 51.8 Å². The number of ether oxygens (including phenoxy) is 1. The first kappa shape index (κ1) is 14.4. The fourth-order valence-electron chi connectivity index (χ4n) is 2.00. The Morgan fingerprint density at radius 3 is 2.68 bits per heavy atom. The van der Waals surface area contributed by atoms with Gasteiger partial charge in [0.1, 0.15) is 5.75 Å². The van der Waals surface area contributed by atoms with E-state index in [0.29, 0.717) is 5.02 Å². The normalized spacial score (nSPS) is 12.2. The third-order valence-electron chi connectivity index (χ3n) is 2.99. The van der Waals surface area contributed by atoms with Crippen molar-refractivity contribution in [3.8, 4) is 5.75 Å². The SMILES string of the molecule is COc1cc(Cl)ccc1C(N)Cc1ccccc1Br. The fraction of sp³-hybridized carbons (Fsp3) is 0.200. The van der Waals surface area contributed by atoms with E-state index in [-0.39, 0.29) is 6.04 Å². The highest BCUT2D eigenvalue weighted by molar-refractivity contribution is 9.10. The van der Waals surface area contributed by atoms with Crippen molar-refractivity contribution in [2.75, 3.05) is 7.11 Å². The highest BCUT2D eigenvalue weighted by Crippen LogP contribution is 2.30. The van der Waals surface area contributed by atoms with E-state index >= 15 is 0 Å². The van der Waals surface area contributed by atoms with Crippen LogP contribution in [0.2, 0.25) is 5.02 Å². The van der Waals surface area contributed by atoms with Crippen LogP contribution < -0.4 is 10.5 Å². The van der Waals surface area contributed by atoms with Crippen molar-refractivity contribution in [1.82, 2.24) is 0 Å². The van der Waals surface area contributed by atoms with E-state index in [1.807, 2.05) is 30.3 Å². The number of hydrogen-bond acceptors (Lipinski definition) is 2. The Morgan fingerprint density at radius 1 is 1.26 bits per heavy atom. The number of nitrogens with two attached hydrogens (primary N) is 1. The Kier molecular flexibility index (Phi) is 4.86. The van der Waals surface area contributed by atoms with E-state index in [1.54, 1.807) is 13.2 Å². The lowest BCUT2D eigenvalue weighted by molar-refractivity contribution is 0.405. The number of benzene rings is 2. The van der Waals surface area contributed by atoms with Gasteiger partial charge in [0.15, 0.2) is 0 Å². The van der Waals surface area contributed by atoms with Crippen LogP contribution in [-0.2, 0) is 6.42 Å². The summed E-state index contributed by atoms with van der Waals surface area (Å²) in [7, 11) is 1.63. The van der Waals surface area contributed by atoms with Gasteiger partial charge in [-0.25, -0.2) is 0 Å². The summed E-state index contributed by atoms with van der Waals surface area (Å²) in [4.78, 5) is 0. The first-order chi connectivity index (χ1) is 9.11. The van der Waals surface area contributed by atoms with Gasteiger partial charge < -0.3 is 10.5 Å². The zero-order valence-corrected chi connectivity index (χ0v) is 12.9. The molecule has 0 bridgehead atoms. The van der Waals surface area contributed by atoms with Crippen LogP contribution >= 0.6 is 27.5 Å². The van der Waals surface area contributed by atoms with E-state index < -0.39 is 0 Å². The highest BCUT2D eigenvalue weighted by Gasteiger charge is 2.14. The van der Waals surface area contributed by atoms with Crippen LogP contribution in [0.3, 0.4) is 0 Å². The monoisotopic (exact) mass is 339 g/mol. The summed E-state index contributed by atoms with van der Waals surface area (Å²) in [6.07, 6.45) is 0.736. The van der Waals surface area contributed by atoms with Crippen molar-refractivity contribution in [3.05, 3.63) is 63.1 Å². The zero-order valence-electron chi connectivity index (χ0n) is 10.6. The Bertz CT molecular complexity index is 574. The van der Waals surface area contributed by atoms with Crippen molar-refractivity contribution < 1.29 is 4.74 Å². The lowest BCUT2D eigenvalue weighted by atomic mass is 9.99. The van der Waals surface area contributed by atoms with Gasteiger partial charge in [0, 0.05) is 21.1 Å². The minimum absolute atomic E-state index is 0.133. The molecule has 0 spiro atoms. The minimum atomic E-state index is -0.133. The molecule has 0 heterocycles. The van der Waals surface area contributed by atoms with Gasteiger partial charge in [0.05, 0.1) is 7.11 Å². The molecule has 0 saturated carbocycles. The predicted octanol–water partition coefficient (Wildman–Crippen LogP) is 4.35. The molecule has 0 aromatic heterocycles. The molecule has 2 nitrogen and oxygen atoms in total. The third kappa shape index (κ3) is 3.50. The van der Waals surface area contributed by atoms with E-state index in [4.69, 9.17) is 22.1 Å². The van der Waals surface area contributed by atoms with E-state index in [1.165, 1.54) is 5.56 Å². The minimum Gasteiger partial charge on any atom is -0.496 e. The van der Waals surface area contributed by atoms with Crippen molar-refractivity contribution >= 4 is 27.5 Å². The average molecular weight is 341 g/mol. The predicted molar refractivity (Wildman–Crippen MR) is 82.8 cm³/mol. The molecule has 100 valence electrons. The van der Waals surface area contributed by atoms with E-state index in [9.17, 15) is 0 Å². The Labute approximate surface area is 126 Å². The second-order valence-corrected chi connectivity index (χ2v) is 5.58. The fourth-order valence-corrected chi connectivity index (χ4v) is 2.61. The van der Waals surface area contributed by atoms with Crippen LogP contribution in [-0.4, -0.2) is 7.11 Å².